The summed E-state index contributed by atoms with van der Waals surface area (Å²) in [5.41, 5.74) is -0.244. The van der Waals surface area contributed by atoms with Crippen LogP contribution in [0.3, 0.4) is 0 Å². The molecule has 0 heterocycles. The molecular formula is C13H22O. The van der Waals surface area contributed by atoms with Gasteiger partial charge in [0.25, 0.3) is 0 Å². The van der Waals surface area contributed by atoms with Crippen LogP contribution in [0.5, 0.6) is 0 Å². The van der Waals surface area contributed by atoms with Gasteiger partial charge >= 0.3 is 0 Å². The lowest BCUT2D eigenvalue weighted by Crippen LogP contribution is -2.28. The molecule has 0 aromatic carbocycles. The van der Waals surface area contributed by atoms with Crippen molar-refractivity contribution in [2.75, 3.05) is 0 Å². The second kappa shape index (κ2) is 3.23. The van der Waals surface area contributed by atoms with Crippen molar-refractivity contribution >= 4 is 0 Å². The summed E-state index contributed by atoms with van der Waals surface area (Å²) in [4.78, 5) is 0. The highest BCUT2D eigenvalue weighted by atomic mass is 16.3. The van der Waals surface area contributed by atoms with E-state index < -0.39 is 0 Å². The Hall–Kier alpha value is -0.0400. The molecule has 3 saturated carbocycles. The number of fused-ring (bicyclic) bond motifs is 1. The Balaban J connectivity index is 1.55. The van der Waals surface area contributed by atoms with E-state index in [4.69, 9.17) is 0 Å². The lowest BCUT2D eigenvalue weighted by Gasteiger charge is -2.30. The minimum Gasteiger partial charge on any atom is -0.390 e. The lowest BCUT2D eigenvalue weighted by atomic mass is 9.80. The summed E-state index contributed by atoms with van der Waals surface area (Å²) >= 11 is 0. The van der Waals surface area contributed by atoms with Gasteiger partial charge in [-0.2, -0.15) is 0 Å². The third kappa shape index (κ3) is 1.71. The van der Waals surface area contributed by atoms with Gasteiger partial charge in [0.1, 0.15) is 0 Å². The Labute approximate surface area is 86.9 Å². The Kier molecular flexibility index (Phi) is 2.12. The molecule has 3 aliphatic carbocycles. The molecule has 14 heavy (non-hydrogen) atoms. The molecule has 0 radical (unpaired) electrons. The molecule has 3 aliphatic rings. The van der Waals surface area contributed by atoms with E-state index in [-0.39, 0.29) is 5.60 Å². The van der Waals surface area contributed by atoms with Crippen LogP contribution >= 0.6 is 0 Å². The predicted molar refractivity (Wildman–Crippen MR) is 57.0 cm³/mol. The molecule has 3 atom stereocenters. The van der Waals surface area contributed by atoms with Gasteiger partial charge in [-0.25, -0.2) is 0 Å². The van der Waals surface area contributed by atoms with Crippen LogP contribution < -0.4 is 0 Å². The number of rotatable bonds is 2. The van der Waals surface area contributed by atoms with Crippen molar-refractivity contribution < 1.29 is 5.11 Å². The molecule has 0 bridgehead atoms. The second-order valence-electron chi connectivity index (χ2n) is 6.07. The highest BCUT2D eigenvalue weighted by Crippen LogP contribution is 2.53. The Bertz CT molecular complexity index is 217. The maximum atomic E-state index is 10.3. The van der Waals surface area contributed by atoms with E-state index in [2.05, 4.69) is 0 Å². The average Bonchev–Trinajstić information content (AvgIpc) is 2.80. The molecule has 0 spiro atoms. The smallest absolute Gasteiger partial charge is 0.0650 e. The summed E-state index contributed by atoms with van der Waals surface area (Å²) < 4.78 is 0. The number of hydrogen-bond acceptors (Lipinski definition) is 1. The molecule has 0 amide bonds. The maximum absolute atomic E-state index is 10.3. The fraction of sp³-hybridized carbons (Fsp3) is 1.00. The molecule has 1 nitrogen and oxygen atoms in total. The summed E-state index contributed by atoms with van der Waals surface area (Å²) in [6.07, 6.45) is 11.6. The number of aliphatic hydroxyl groups is 1. The minimum atomic E-state index is -0.244. The quantitative estimate of drug-likeness (QED) is 0.716. The monoisotopic (exact) mass is 194 g/mol. The molecule has 3 unspecified atom stereocenters. The molecule has 0 aromatic rings. The average molecular weight is 194 g/mol. The van der Waals surface area contributed by atoms with E-state index in [0.717, 1.165) is 37.0 Å². The largest absolute Gasteiger partial charge is 0.390 e. The van der Waals surface area contributed by atoms with E-state index in [1.165, 1.54) is 38.5 Å². The first-order valence-electron chi connectivity index (χ1n) is 6.48. The fourth-order valence-corrected chi connectivity index (χ4v) is 3.91. The normalized spacial score (nSPS) is 44.8. The lowest BCUT2D eigenvalue weighted by molar-refractivity contribution is 0.0159. The van der Waals surface area contributed by atoms with E-state index in [1.807, 2.05) is 0 Å². The Morgan fingerprint density at radius 1 is 1.00 bits per heavy atom. The van der Waals surface area contributed by atoms with Crippen molar-refractivity contribution in [3.05, 3.63) is 0 Å². The van der Waals surface area contributed by atoms with E-state index in [9.17, 15) is 5.11 Å². The molecule has 1 heteroatoms. The first-order chi connectivity index (χ1) is 6.75. The predicted octanol–water partition coefficient (Wildman–Crippen LogP) is 3.12. The van der Waals surface area contributed by atoms with E-state index in [1.54, 1.807) is 0 Å². The molecule has 3 fully saturated rings. The summed E-state index contributed by atoms with van der Waals surface area (Å²) in [6.45, 7) is 0. The van der Waals surface area contributed by atoms with Gasteiger partial charge in [0.2, 0.25) is 0 Å². The van der Waals surface area contributed by atoms with Gasteiger partial charge in [-0.1, -0.05) is 19.3 Å². The van der Waals surface area contributed by atoms with Crippen LogP contribution in [0.1, 0.15) is 57.8 Å². The zero-order chi connectivity index (χ0) is 9.60. The van der Waals surface area contributed by atoms with Crippen LogP contribution in [-0.2, 0) is 0 Å². The minimum absolute atomic E-state index is 0.244. The molecule has 3 rings (SSSR count). The van der Waals surface area contributed by atoms with Gasteiger partial charge in [0, 0.05) is 0 Å². The second-order valence-corrected chi connectivity index (χ2v) is 6.07. The first kappa shape index (κ1) is 9.21. The van der Waals surface area contributed by atoms with Crippen molar-refractivity contribution in [3.63, 3.8) is 0 Å². The Morgan fingerprint density at radius 2 is 1.79 bits per heavy atom. The van der Waals surface area contributed by atoms with Crippen LogP contribution in [0.25, 0.3) is 0 Å². The third-order valence-electron chi connectivity index (χ3n) is 4.85. The van der Waals surface area contributed by atoms with Gasteiger partial charge in [-0.15, -0.1) is 0 Å². The van der Waals surface area contributed by atoms with Crippen LogP contribution in [0.2, 0.25) is 0 Å². The van der Waals surface area contributed by atoms with Gasteiger partial charge in [-0.3, -0.25) is 0 Å². The van der Waals surface area contributed by atoms with Crippen molar-refractivity contribution in [2.45, 2.75) is 63.4 Å². The maximum Gasteiger partial charge on any atom is 0.0650 e. The molecule has 80 valence electrons. The zero-order valence-electron chi connectivity index (χ0n) is 9.04. The van der Waals surface area contributed by atoms with Crippen molar-refractivity contribution in [3.8, 4) is 0 Å². The van der Waals surface area contributed by atoms with Gasteiger partial charge < -0.3 is 5.11 Å². The summed E-state index contributed by atoms with van der Waals surface area (Å²) in [6, 6.07) is 0. The van der Waals surface area contributed by atoms with Crippen molar-refractivity contribution in [1.82, 2.24) is 0 Å². The molecule has 0 aliphatic heterocycles. The zero-order valence-corrected chi connectivity index (χ0v) is 9.04. The van der Waals surface area contributed by atoms with Crippen LogP contribution in [0, 0.1) is 17.8 Å². The van der Waals surface area contributed by atoms with E-state index in [0.29, 0.717) is 0 Å². The highest BCUT2D eigenvalue weighted by Gasteiger charge is 2.44. The summed E-state index contributed by atoms with van der Waals surface area (Å²) in [7, 11) is 0. The summed E-state index contributed by atoms with van der Waals surface area (Å²) in [5, 5.41) is 10.3. The van der Waals surface area contributed by atoms with Gasteiger partial charge in [0.05, 0.1) is 5.60 Å². The van der Waals surface area contributed by atoms with Crippen molar-refractivity contribution in [2.24, 2.45) is 17.8 Å². The first-order valence-corrected chi connectivity index (χ1v) is 6.48. The fourth-order valence-electron chi connectivity index (χ4n) is 3.91. The summed E-state index contributed by atoms with van der Waals surface area (Å²) in [5.74, 6) is 3.03. The standard InChI is InChI=1S/C13H22O/c14-13(5-1-2-6-13)9-10-3-4-11-8-12(11)7-10/h10-12,14H,1-9H2. The van der Waals surface area contributed by atoms with Crippen LogP contribution in [0.15, 0.2) is 0 Å². The SMILES string of the molecule is OC1(CC2CCC3CC3C2)CCCC1. The molecule has 0 saturated heterocycles. The Morgan fingerprint density at radius 3 is 2.50 bits per heavy atom. The van der Waals surface area contributed by atoms with Gasteiger partial charge in [0.15, 0.2) is 0 Å². The topological polar surface area (TPSA) is 20.2 Å². The van der Waals surface area contributed by atoms with Crippen molar-refractivity contribution in [1.29, 1.82) is 0 Å². The molecule has 1 N–H and O–H groups in total. The number of hydrogen-bond donors (Lipinski definition) is 1. The third-order valence-corrected chi connectivity index (χ3v) is 4.85. The van der Waals surface area contributed by atoms with Gasteiger partial charge in [-0.05, 0) is 56.3 Å². The molecular weight excluding hydrogens is 172 g/mol. The van der Waals surface area contributed by atoms with Crippen LogP contribution in [-0.4, -0.2) is 10.7 Å². The van der Waals surface area contributed by atoms with E-state index >= 15 is 0 Å². The molecule has 0 aromatic heterocycles. The highest BCUT2D eigenvalue weighted by molar-refractivity contribution is 4.95. The van der Waals surface area contributed by atoms with Crippen LogP contribution in [0.4, 0.5) is 0 Å².